The summed E-state index contributed by atoms with van der Waals surface area (Å²) in [6, 6.07) is 10.2. The molecule has 0 bridgehead atoms. The third-order valence-electron chi connectivity index (χ3n) is 2.86. The number of benzene rings is 1. The molecule has 0 amide bonds. The van der Waals surface area contributed by atoms with Crippen LogP contribution in [0.4, 0.5) is 5.69 Å². The highest BCUT2D eigenvalue weighted by Gasteiger charge is 2.23. The molecule has 0 fully saturated rings. The van der Waals surface area contributed by atoms with Crippen LogP contribution in [-0.2, 0) is 0 Å². The van der Waals surface area contributed by atoms with E-state index < -0.39 is 0 Å². The summed E-state index contributed by atoms with van der Waals surface area (Å²) >= 11 is 0. The third kappa shape index (κ3) is 1.68. The van der Waals surface area contributed by atoms with Gasteiger partial charge in [-0.25, -0.2) is 0 Å². The molecular formula is C13H13N4+. The summed E-state index contributed by atoms with van der Waals surface area (Å²) in [5.74, 6) is 0. The number of rotatable bonds is 2. The van der Waals surface area contributed by atoms with Crippen LogP contribution < -0.4 is 5.01 Å². The van der Waals surface area contributed by atoms with E-state index >= 15 is 0 Å². The molecule has 1 aromatic carbocycles. The molecule has 1 unspecified atom stereocenters. The maximum atomic E-state index is 4.38. The number of aromatic nitrogens is 2. The number of nitrogens with zero attached hydrogens (tertiary/aromatic N) is 2. The van der Waals surface area contributed by atoms with E-state index in [9.17, 15) is 0 Å². The molecule has 0 saturated carbocycles. The van der Waals surface area contributed by atoms with E-state index in [1.54, 1.807) is 0 Å². The summed E-state index contributed by atoms with van der Waals surface area (Å²) in [5, 5.41) is 12.6. The molecule has 0 radical (unpaired) electrons. The second-order valence-corrected chi connectivity index (χ2v) is 4.00. The summed E-state index contributed by atoms with van der Waals surface area (Å²) in [6.07, 6.45) is 5.67. The third-order valence-corrected chi connectivity index (χ3v) is 2.86. The van der Waals surface area contributed by atoms with Gasteiger partial charge in [0.2, 0.25) is 5.69 Å². The van der Waals surface area contributed by atoms with Crippen molar-refractivity contribution >= 4 is 11.9 Å². The summed E-state index contributed by atoms with van der Waals surface area (Å²) in [4.78, 5) is 0. The molecule has 2 aromatic rings. The van der Waals surface area contributed by atoms with Crippen LogP contribution in [-0.4, -0.2) is 16.4 Å². The molecule has 1 atom stereocenters. The Kier molecular flexibility index (Phi) is 2.34. The molecule has 2 N–H and O–H groups in total. The van der Waals surface area contributed by atoms with Gasteiger partial charge in [-0.1, -0.05) is 35.4 Å². The molecule has 1 aliphatic heterocycles. The summed E-state index contributed by atoms with van der Waals surface area (Å²) in [7, 11) is 0. The molecule has 4 heteroatoms. The molecule has 17 heavy (non-hydrogen) atoms. The number of aromatic amines is 1. The van der Waals surface area contributed by atoms with E-state index in [2.05, 4.69) is 34.4 Å². The van der Waals surface area contributed by atoms with Gasteiger partial charge in [-0.2, -0.15) is 5.10 Å². The van der Waals surface area contributed by atoms with Crippen molar-refractivity contribution in [3.05, 3.63) is 48.3 Å². The first-order valence-corrected chi connectivity index (χ1v) is 5.53. The zero-order chi connectivity index (χ0) is 11.7. The van der Waals surface area contributed by atoms with Gasteiger partial charge in [0.05, 0.1) is 6.21 Å². The Labute approximate surface area is 99.3 Å². The van der Waals surface area contributed by atoms with E-state index in [-0.39, 0.29) is 0 Å². The van der Waals surface area contributed by atoms with Crippen LogP contribution in [0.5, 0.6) is 0 Å². The molecule has 4 nitrogen and oxygen atoms in total. The zero-order valence-corrected chi connectivity index (χ0v) is 9.51. The van der Waals surface area contributed by atoms with E-state index in [4.69, 9.17) is 0 Å². The Balaban J connectivity index is 2.06. The van der Waals surface area contributed by atoms with Gasteiger partial charge in [0.1, 0.15) is 17.6 Å². The van der Waals surface area contributed by atoms with Crippen molar-refractivity contribution in [1.82, 2.24) is 10.2 Å². The fourth-order valence-corrected chi connectivity index (χ4v) is 1.98. The first-order chi connectivity index (χ1) is 8.36. The second kappa shape index (κ2) is 3.99. The fourth-order valence-electron chi connectivity index (χ4n) is 1.98. The van der Waals surface area contributed by atoms with Crippen LogP contribution in [0.2, 0.25) is 0 Å². The van der Waals surface area contributed by atoms with E-state index in [1.165, 1.54) is 5.70 Å². The summed E-state index contributed by atoms with van der Waals surface area (Å²) in [6.45, 7) is 2.06. The van der Waals surface area contributed by atoms with Crippen molar-refractivity contribution in [2.75, 3.05) is 0 Å². The summed E-state index contributed by atoms with van der Waals surface area (Å²) in [5.41, 5.74) is 4.37. The minimum absolute atomic E-state index is 0.998. The number of hydrogen-bond donors (Lipinski definition) is 2. The molecular weight excluding hydrogens is 212 g/mol. The Morgan fingerprint density at radius 2 is 2.00 bits per heavy atom. The molecule has 3 rings (SSSR count). The van der Waals surface area contributed by atoms with Crippen molar-refractivity contribution < 1.29 is 5.01 Å². The number of hydrogen-bond acceptors (Lipinski definition) is 2. The average Bonchev–Trinajstić information content (AvgIpc) is 2.98. The lowest BCUT2D eigenvalue weighted by molar-refractivity contribution is -0.793. The smallest absolute Gasteiger partial charge is 0.208 e. The highest BCUT2D eigenvalue weighted by atomic mass is 15.5. The lowest BCUT2D eigenvalue weighted by Gasteiger charge is -2.08. The number of nitrogens with one attached hydrogen (secondary N) is 2. The van der Waals surface area contributed by atoms with Crippen LogP contribution in [0.15, 0.2) is 53.4 Å². The molecule has 1 aromatic heterocycles. The number of allylic oxidation sites excluding steroid dienone is 2. The van der Waals surface area contributed by atoms with Gasteiger partial charge in [-0.3, -0.25) is 5.10 Å². The van der Waals surface area contributed by atoms with Gasteiger partial charge in [-0.15, -0.1) is 5.01 Å². The Morgan fingerprint density at radius 3 is 2.71 bits per heavy atom. The van der Waals surface area contributed by atoms with Gasteiger partial charge in [-0.05, 0) is 0 Å². The molecule has 0 saturated heterocycles. The molecule has 0 spiro atoms. The normalized spacial score (nSPS) is 18.4. The van der Waals surface area contributed by atoms with Gasteiger partial charge in [0.15, 0.2) is 0 Å². The predicted molar refractivity (Wildman–Crippen MR) is 66.9 cm³/mol. The molecule has 0 aliphatic carbocycles. The highest BCUT2D eigenvalue weighted by Crippen LogP contribution is 2.22. The first kappa shape index (κ1) is 9.99. The highest BCUT2D eigenvalue weighted by molar-refractivity contribution is 5.74. The lowest BCUT2D eigenvalue weighted by atomic mass is 10.1. The number of H-pyrrole nitrogens is 1. The van der Waals surface area contributed by atoms with Gasteiger partial charge < -0.3 is 0 Å². The lowest BCUT2D eigenvalue weighted by Crippen LogP contribution is -2.99. The largest absolute Gasteiger partial charge is 0.272 e. The minimum atomic E-state index is 0.998. The quantitative estimate of drug-likeness (QED) is 0.799. The fraction of sp³-hybridized carbons (Fsp3) is 0.0769. The van der Waals surface area contributed by atoms with Gasteiger partial charge in [0.25, 0.3) is 0 Å². The van der Waals surface area contributed by atoms with Crippen LogP contribution in [0.1, 0.15) is 6.92 Å². The topological polar surface area (TPSA) is 45.5 Å². The van der Waals surface area contributed by atoms with E-state index in [0.717, 1.165) is 22.0 Å². The first-order valence-electron chi connectivity index (χ1n) is 5.53. The SMILES string of the molecule is CC1=CC=N[NH+]1c1cn[nH]c1-c1ccccc1. The minimum Gasteiger partial charge on any atom is -0.272 e. The predicted octanol–water partition coefficient (Wildman–Crippen LogP) is 1.50. The van der Waals surface area contributed by atoms with E-state index in [1.807, 2.05) is 36.7 Å². The van der Waals surface area contributed by atoms with Crippen LogP contribution in [0, 0.1) is 0 Å². The Morgan fingerprint density at radius 1 is 1.18 bits per heavy atom. The average molecular weight is 225 g/mol. The molecule has 84 valence electrons. The van der Waals surface area contributed by atoms with Crippen molar-refractivity contribution in [3.63, 3.8) is 0 Å². The van der Waals surface area contributed by atoms with Crippen molar-refractivity contribution in [2.45, 2.75) is 6.92 Å². The van der Waals surface area contributed by atoms with Crippen LogP contribution >= 0.6 is 0 Å². The van der Waals surface area contributed by atoms with Crippen LogP contribution in [0.25, 0.3) is 11.3 Å². The number of quaternary nitrogens is 1. The molecule has 1 aliphatic rings. The summed E-state index contributed by atoms with van der Waals surface area (Å²) < 4.78 is 0. The maximum Gasteiger partial charge on any atom is 0.208 e. The van der Waals surface area contributed by atoms with Gasteiger partial charge >= 0.3 is 0 Å². The van der Waals surface area contributed by atoms with E-state index in [0.29, 0.717) is 0 Å². The van der Waals surface area contributed by atoms with Gasteiger partial charge in [0, 0.05) is 18.6 Å². The second-order valence-electron chi connectivity index (χ2n) is 4.00. The Hall–Kier alpha value is -2.20. The monoisotopic (exact) mass is 225 g/mol. The van der Waals surface area contributed by atoms with Crippen molar-refractivity contribution in [2.24, 2.45) is 5.10 Å². The standard InChI is InChI=1S/C13H12N4/c1-10-7-8-15-17(10)12-9-14-16-13(12)11-5-3-2-4-6-11/h2-9H,1H3,(H,14,16)/p+1. The molecule has 2 heterocycles. The van der Waals surface area contributed by atoms with Crippen LogP contribution in [0.3, 0.4) is 0 Å². The maximum absolute atomic E-state index is 4.38. The van der Waals surface area contributed by atoms with Crippen molar-refractivity contribution in [1.29, 1.82) is 0 Å². The zero-order valence-electron chi connectivity index (χ0n) is 9.51. The Bertz CT molecular complexity index is 580. The van der Waals surface area contributed by atoms with Crippen molar-refractivity contribution in [3.8, 4) is 11.3 Å².